The van der Waals surface area contributed by atoms with Crippen LogP contribution in [0.2, 0.25) is 0 Å². The molecular weight excluding hydrogens is 231 g/mol. The first kappa shape index (κ1) is 12.3. The molecule has 2 aromatic carbocycles. The number of carbonyl (C=O) groups excluding carboxylic acids is 1. The van der Waals surface area contributed by atoms with Crippen molar-refractivity contribution in [2.45, 2.75) is 13.5 Å². The molecule has 0 heterocycles. The summed E-state index contributed by atoms with van der Waals surface area (Å²) >= 11 is 0. The minimum atomic E-state index is -0.504. The van der Waals surface area contributed by atoms with Gasteiger partial charge in [-0.05, 0) is 30.2 Å². The van der Waals surface area contributed by atoms with Gasteiger partial charge in [0.25, 0.3) is 0 Å². The van der Waals surface area contributed by atoms with Crippen molar-refractivity contribution in [1.29, 1.82) is 0 Å². The van der Waals surface area contributed by atoms with Crippen molar-refractivity contribution in [3.05, 3.63) is 71.0 Å². The van der Waals surface area contributed by atoms with Crippen LogP contribution in [-0.4, -0.2) is 5.97 Å². The number of benzene rings is 2. The SMILES string of the molecule is Cc1ccc(F)cc1C(=O)OCc1ccccc1. The van der Waals surface area contributed by atoms with E-state index in [0.29, 0.717) is 5.56 Å². The topological polar surface area (TPSA) is 26.3 Å². The Morgan fingerprint density at radius 3 is 2.61 bits per heavy atom. The molecule has 0 bridgehead atoms. The highest BCUT2D eigenvalue weighted by Gasteiger charge is 2.11. The van der Waals surface area contributed by atoms with Gasteiger partial charge in [0.05, 0.1) is 5.56 Å². The number of hydrogen-bond donors (Lipinski definition) is 0. The minimum Gasteiger partial charge on any atom is -0.457 e. The van der Waals surface area contributed by atoms with Crippen molar-refractivity contribution >= 4 is 5.97 Å². The Kier molecular flexibility index (Phi) is 3.72. The summed E-state index contributed by atoms with van der Waals surface area (Å²) in [7, 11) is 0. The van der Waals surface area contributed by atoms with E-state index in [1.807, 2.05) is 30.3 Å². The first-order chi connectivity index (χ1) is 8.66. The van der Waals surface area contributed by atoms with Gasteiger partial charge < -0.3 is 4.74 Å². The predicted molar refractivity (Wildman–Crippen MR) is 66.7 cm³/mol. The third-order valence-electron chi connectivity index (χ3n) is 2.63. The predicted octanol–water partition coefficient (Wildman–Crippen LogP) is 3.49. The van der Waals surface area contributed by atoms with E-state index in [2.05, 4.69) is 0 Å². The maximum absolute atomic E-state index is 13.1. The number of aryl methyl sites for hydroxylation is 1. The number of hydrogen-bond acceptors (Lipinski definition) is 2. The van der Waals surface area contributed by atoms with Crippen molar-refractivity contribution in [2.75, 3.05) is 0 Å². The van der Waals surface area contributed by atoms with Gasteiger partial charge in [-0.15, -0.1) is 0 Å². The van der Waals surface area contributed by atoms with Gasteiger partial charge >= 0.3 is 5.97 Å². The van der Waals surface area contributed by atoms with Gasteiger partial charge in [-0.1, -0.05) is 36.4 Å². The van der Waals surface area contributed by atoms with E-state index in [1.54, 1.807) is 13.0 Å². The lowest BCUT2D eigenvalue weighted by atomic mass is 10.1. The molecule has 0 amide bonds. The molecular formula is C15H13FO2. The van der Waals surface area contributed by atoms with Gasteiger partial charge in [0, 0.05) is 0 Å². The Balaban J connectivity index is 2.06. The Bertz CT molecular complexity index is 550. The molecule has 0 aliphatic rings. The number of rotatable bonds is 3. The summed E-state index contributed by atoms with van der Waals surface area (Å²) < 4.78 is 18.2. The van der Waals surface area contributed by atoms with Crippen LogP contribution in [0, 0.1) is 12.7 Å². The molecule has 2 nitrogen and oxygen atoms in total. The molecule has 0 unspecified atom stereocenters. The number of halogens is 1. The standard InChI is InChI=1S/C15H13FO2/c1-11-7-8-13(16)9-14(11)15(17)18-10-12-5-3-2-4-6-12/h2-9H,10H2,1H3. The molecule has 3 heteroatoms. The van der Waals surface area contributed by atoms with Crippen LogP contribution in [0.15, 0.2) is 48.5 Å². The highest BCUT2D eigenvalue weighted by molar-refractivity contribution is 5.90. The smallest absolute Gasteiger partial charge is 0.338 e. The van der Waals surface area contributed by atoms with Crippen molar-refractivity contribution in [2.24, 2.45) is 0 Å². The molecule has 2 rings (SSSR count). The molecule has 0 radical (unpaired) electrons. The van der Waals surface area contributed by atoms with Crippen LogP contribution in [0.4, 0.5) is 4.39 Å². The zero-order chi connectivity index (χ0) is 13.0. The first-order valence-electron chi connectivity index (χ1n) is 5.64. The highest BCUT2D eigenvalue weighted by Crippen LogP contribution is 2.12. The summed E-state index contributed by atoms with van der Waals surface area (Å²) in [4.78, 5) is 11.8. The van der Waals surface area contributed by atoms with Gasteiger partial charge in [-0.2, -0.15) is 0 Å². The van der Waals surface area contributed by atoms with E-state index in [-0.39, 0.29) is 12.2 Å². The zero-order valence-corrected chi connectivity index (χ0v) is 10.0. The molecule has 0 aliphatic heterocycles. The van der Waals surface area contributed by atoms with Crippen molar-refractivity contribution < 1.29 is 13.9 Å². The second-order valence-corrected chi connectivity index (χ2v) is 4.02. The quantitative estimate of drug-likeness (QED) is 0.772. The van der Waals surface area contributed by atoms with Crippen molar-refractivity contribution in [3.8, 4) is 0 Å². The zero-order valence-electron chi connectivity index (χ0n) is 10.0. The first-order valence-corrected chi connectivity index (χ1v) is 5.64. The van der Waals surface area contributed by atoms with E-state index < -0.39 is 11.8 Å². The molecule has 0 saturated carbocycles. The number of carbonyl (C=O) groups is 1. The monoisotopic (exact) mass is 244 g/mol. The van der Waals surface area contributed by atoms with Crippen LogP contribution in [-0.2, 0) is 11.3 Å². The molecule has 0 atom stereocenters. The van der Waals surface area contributed by atoms with Crippen LogP contribution in [0.3, 0.4) is 0 Å². The van der Waals surface area contributed by atoms with Crippen LogP contribution in [0.5, 0.6) is 0 Å². The summed E-state index contributed by atoms with van der Waals surface area (Å²) in [5.74, 6) is -0.942. The molecule has 0 spiro atoms. The highest BCUT2D eigenvalue weighted by atomic mass is 19.1. The maximum atomic E-state index is 13.1. The van der Waals surface area contributed by atoms with Crippen molar-refractivity contribution in [1.82, 2.24) is 0 Å². The lowest BCUT2D eigenvalue weighted by Crippen LogP contribution is -2.07. The number of esters is 1. The summed E-state index contributed by atoms with van der Waals surface area (Å²) in [5.41, 5.74) is 1.88. The maximum Gasteiger partial charge on any atom is 0.338 e. The number of ether oxygens (including phenoxy) is 1. The van der Waals surface area contributed by atoms with Gasteiger partial charge in [0.15, 0.2) is 0 Å². The molecule has 0 N–H and O–H groups in total. The lowest BCUT2D eigenvalue weighted by Gasteiger charge is -2.07. The summed E-state index contributed by atoms with van der Waals surface area (Å²) in [6.45, 7) is 1.94. The van der Waals surface area contributed by atoms with E-state index >= 15 is 0 Å². The van der Waals surface area contributed by atoms with Crippen LogP contribution >= 0.6 is 0 Å². The van der Waals surface area contributed by atoms with E-state index in [9.17, 15) is 9.18 Å². The second-order valence-electron chi connectivity index (χ2n) is 4.02. The third-order valence-corrected chi connectivity index (χ3v) is 2.63. The summed E-state index contributed by atoms with van der Waals surface area (Å²) in [6.07, 6.45) is 0. The van der Waals surface area contributed by atoms with Gasteiger partial charge in [0.1, 0.15) is 12.4 Å². The van der Waals surface area contributed by atoms with Gasteiger partial charge in [-0.3, -0.25) is 0 Å². The Hall–Kier alpha value is -2.16. The van der Waals surface area contributed by atoms with Crippen LogP contribution in [0.25, 0.3) is 0 Å². The Morgan fingerprint density at radius 1 is 1.17 bits per heavy atom. The average Bonchev–Trinajstić information content (AvgIpc) is 2.40. The molecule has 2 aromatic rings. The fraction of sp³-hybridized carbons (Fsp3) is 0.133. The fourth-order valence-electron chi connectivity index (χ4n) is 1.62. The molecule has 0 aliphatic carbocycles. The fourth-order valence-corrected chi connectivity index (χ4v) is 1.62. The largest absolute Gasteiger partial charge is 0.457 e. The lowest BCUT2D eigenvalue weighted by molar-refractivity contribution is 0.0471. The summed E-state index contributed by atoms with van der Waals surface area (Å²) in [5, 5.41) is 0. The molecule has 0 aromatic heterocycles. The Morgan fingerprint density at radius 2 is 1.89 bits per heavy atom. The third kappa shape index (κ3) is 2.94. The van der Waals surface area contributed by atoms with E-state index in [4.69, 9.17) is 4.74 Å². The molecule has 0 fully saturated rings. The van der Waals surface area contributed by atoms with Crippen LogP contribution < -0.4 is 0 Å². The summed E-state index contributed by atoms with van der Waals surface area (Å²) in [6, 6.07) is 13.5. The second kappa shape index (κ2) is 5.45. The molecule has 0 saturated heterocycles. The average molecular weight is 244 g/mol. The Labute approximate surface area is 105 Å². The minimum absolute atomic E-state index is 0.190. The molecule has 18 heavy (non-hydrogen) atoms. The van der Waals surface area contributed by atoms with Crippen molar-refractivity contribution in [3.63, 3.8) is 0 Å². The van der Waals surface area contributed by atoms with Gasteiger partial charge in [-0.25, -0.2) is 9.18 Å². The van der Waals surface area contributed by atoms with Gasteiger partial charge in [0.2, 0.25) is 0 Å². The normalized spacial score (nSPS) is 10.1. The van der Waals surface area contributed by atoms with E-state index in [1.165, 1.54) is 12.1 Å². The van der Waals surface area contributed by atoms with Crippen LogP contribution in [0.1, 0.15) is 21.5 Å². The van der Waals surface area contributed by atoms with E-state index in [0.717, 1.165) is 5.56 Å². The molecule has 92 valence electrons.